The van der Waals surface area contributed by atoms with Crippen LogP contribution in [0.4, 0.5) is 4.39 Å². The van der Waals surface area contributed by atoms with Crippen molar-refractivity contribution in [2.75, 3.05) is 20.2 Å². The molecule has 0 aromatic heterocycles. The van der Waals surface area contributed by atoms with Gasteiger partial charge in [0.1, 0.15) is 11.6 Å². The number of nitrogens with one attached hydrogen (secondary N) is 2. The van der Waals surface area contributed by atoms with Gasteiger partial charge in [0.05, 0.1) is 17.2 Å². The second-order valence-electron chi connectivity index (χ2n) is 7.60. The van der Waals surface area contributed by atoms with E-state index in [1.54, 1.807) is 19.1 Å². The topological polar surface area (TPSA) is 87.7 Å². The van der Waals surface area contributed by atoms with Crippen LogP contribution in [0.3, 0.4) is 0 Å². The second-order valence-corrected chi connectivity index (χ2v) is 7.60. The summed E-state index contributed by atoms with van der Waals surface area (Å²) in [6.45, 7) is 4.70. The molecule has 1 unspecified atom stereocenters. The Hall–Kier alpha value is -2.93. The molecule has 1 heterocycles. The van der Waals surface area contributed by atoms with Crippen LogP contribution < -0.4 is 10.6 Å². The van der Waals surface area contributed by atoms with Gasteiger partial charge in [-0.3, -0.25) is 9.59 Å². The second kappa shape index (κ2) is 9.26. The van der Waals surface area contributed by atoms with Crippen molar-refractivity contribution in [3.63, 3.8) is 0 Å². The molecule has 0 bridgehead atoms. The van der Waals surface area contributed by atoms with E-state index in [1.807, 2.05) is 6.92 Å². The number of hydrogen-bond donors (Lipinski definition) is 3. The Kier molecular flexibility index (Phi) is 6.72. The lowest BCUT2D eigenvalue weighted by atomic mass is 9.93. The first-order valence-electron chi connectivity index (χ1n) is 10.0. The number of carbonyl (C=O) groups excluding carboxylic acids is 2. The average Bonchev–Trinajstić information content (AvgIpc) is 3.25. The van der Waals surface area contributed by atoms with Crippen LogP contribution in [0.1, 0.15) is 55.8 Å². The number of amides is 2. The molecule has 30 heavy (non-hydrogen) atoms. The van der Waals surface area contributed by atoms with Crippen LogP contribution in [0.25, 0.3) is 0 Å². The third kappa shape index (κ3) is 4.62. The maximum Gasteiger partial charge on any atom is 0.255 e. The van der Waals surface area contributed by atoms with E-state index in [1.165, 1.54) is 19.2 Å². The molecular weight excluding hydrogens is 387 g/mol. The molecule has 2 aromatic carbocycles. The highest BCUT2D eigenvalue weighted by molar-refractivity contribution is 5.97. The summed E-state index contributed by atoms with van der Waals surface area (Å²) in [7, 11) is 1.45. The van der Waals surface area contributed by atoms with Gasteiger partial charge in [-0.2, -0.15) is 0 Å². The Labute approximate surface area is 175 Å². The maximum atomic E-state index is 14.3. The van der Waals surface area contributed by atoms with E-state index in [-0.39, 0.29) is 28.9 Å². The zero-order chi connectivity index (χ0) is 21.8. The summed E-state index contributed by atoms with van der Waals surface area (Å²) in [5, 5.41) is 15.7. The molecule has 1 saturated heterocycles. The monoisotopic (exact) mass is 414 g/mol. The van der Waals surface area contributed by atoms with E-state index in [4.69, 9.17) is 4.74 Å². The van der Waals surface area contributed by atoms with Gasteiger partial charge in [0.15, 0.2) is 0 Å². The maximum absolute atomic E-state index is 14.3. The zero-order valence-corrected chi connectivity index (χ0v) is 17.5. The van der Waals surface area contributed by atoms with Crippen molar-refractivity contribution in [2.45, 2.75) is 39.2 Å². The van der Waals surface area contributed by atoms with Crippen LogP contribution in [-0.4, -0.2) is 43.2 Å². The molecule has 3 N–H and O–H groups in total. The van der Waals surface area contributed by atoms with Crippen molar-refractivity contribution in [2.24, 2.45) is 0 Å². The van der Waals surface area contributed by atoms with Gasteiger partial charge in [0, 0.05) is 20.2 Å². The van der Waals surface area contributed by atoms with Gasteiger partial charge in [-0.15, -0.1) is 0 Å². The fourth-order valence-corrected chi connectivity index (χ4v) is 3.64. The summed E-state index contributed by atoms with van der Waals surface area (Å²) in [5.41, 5.74) is 3.08. The molecule has 0 spiro atoms. The number of carbonyl (C=O) groups is 2. The summed E-state index contributed by atoms with van der Waals surface area (Å²) >= 11 is 0. The summed E-state index contributed by atoms with van der Waals surface area (Å²) < 4.78 is 19.8. The number of benzene rings is 2. The minimum absolute atomic E-state index is 0.00363. The molecule has 6 nitrogen and oxygen atoms in total. The van der Waals surface area contributed by atoms with Gasteiger partial charge in [-0.25, -0.2) is 4.39 Å². The molecule has 1 aliphatic rings. The minimum atomic E-state index is -0.602. The lowest BCUT2D eigenvalue weighted by Crippen LogP contribution is -2.32. The number of phenolic OH excluding ortho intramolecular Hbond substituents is 1. The van der Waals surface area contributed by atoms with Crippen LogP contribution in [0.5, 0.6) is 5.75 Å². The quantitative estimate of drug-likeness (QED) is 0.678. The normalized spacial score (nSPS) is 15.8. The van der Waals surface area contributed by atoms with Crippen LogP contribution in [0.2, 0.25) is 0 Å². The molecule has 2 amide bonds. The van der Waals surface area contributed by atoms with Gasteiger partial charge in [0.25, 0.3) is 11.8 Å². The van der Waals surface area contributed by atoms with Crippen molar-refractivity contribution >= 4 is 11.8 Å². The first-order chi connectivity index (χ1) is 14.3. The van der Waals surface area contributed by atoms with Crippen molar-refractivity contribution in [3.05, 3.63) is 63.5 Å². The van der Waals surface area contributed by atoms with Crippen LogP contribution in [0, 0.1) is 19.7 Å². The van der Waals surface area contributed by atoms with Crippen LogP contribution in [0.15, 0.2) is 24.3 Å². The molecule has 0 radical (unpaired) electrons. The number of halogens is 1. The highest BCUT2D eigenvalue weighted by atomic mass is 19.1. The number of phenols is 1. The number of hydrogen-bond acceptors (Lipinski definition) is 4. The predicted octanol–water partition coefficient (Wildman–Crippen LogP) is 3.01. The van der Waals surface area contributed by atoms with E-state index in [9.17, 15) is 19.1 Å². The van der Waals surface area contributed by atoms with Gasteiger partial charge < -0.3 is 20.5 Å². The third-order valence-electron chi connectivity index (χ3n) is 5.63. The van der Waals surface area contributed by atoms with Crippen molar-refractivity contribution in [1.82, 2.24) is 10.6 Å². The molecular formula is C23H27FN2O4. The average molecular weight is 414 g/mol. The summed E-state index contributed by atoms with van der Waals surface area (Å²) in [5.74, 6) is -1.51. The van der Waals surface area contributed by atoms with Crippen LogP contribution in [-0.2, 0) is 11.2 Å². The summed E-state index contributed by atoms with van der Waals surface area (Å²) in [6, 6.07) is 6.10. The van der Waals surface area contributed by atoms with Crippen LogP contribution >= 0.6 is 0 Å². The Balaban J connectivity index is 1.83. The molecule has 1 atom stereocenters. The fraction of sp³-hybridized carbons (Fsp3) is 0.391. The summed E-state index contributed by atoms with van der Waals surface area (Å²) in [4.78, 5) is 24.4. The van der Waals surface area contributed by atoms with Crippen molar-refractivity contribution in [3.8, 4) is 5.75 Å². The van der Waals surface area contributed by atoms with E-state index >= 15 is 0 Å². The minimum Gasteiger partial charge on any atom is -0.507 e. The van der Waals surface area contributed by atoms with Gasteiger partial charge in [-0.1, -0.05) is 6.07 Å². The molecule has 1 fully saturated rings. The predicted molar refractivity (Wildman–Crippen MR) is 111 cm³/mol. The Morgan fingerprint density at radius 3 is 2.57 bits per heavy atom. The molecule has 7 heteroatoms. The van der Waals surface area contributed by atoms with E-state index < -0.39 is 11.7 Å². The Morgan fingerprint density at radius 2 is 1.93 bits per heavy atom. The fourth-order valence-electron chi connectivity index (χ4n) is 3.64. The van der Waals surface area contributed by atoms with Gasteiger partial charge in [-0.05, 0) is 73.6 Å². The first-order valence-corrected chi connectivity index (χ1v) is 10.0. The lowest BCUT2D eigenvalue weighted by molar-refractivity contribution is 0.0855. The molecule has 0 aliphatic carbocycles. The molecule has 160 valence electrons. The third-order valence-corrected chi connectivity index (χ3v) is 5.63. The van der Waals surface area contributed by atoms with E-state index in [0.717, 1.165) is 24.0 Å². The molecule has 1 aliphatic heterocycles. The highest BCUT2D eigenvalue weighted by Crippen LogP contribution is 2.30. The highest BCUT2D eigenvalue weighted by Gasteiger charge is 2.21. The van der Waals surface area contributed by atoms with Crippen molar-refractivity contribution < 1.29 is 23.8 Å². The molecule has 2 aromatic rings. The SMILES string of the molecule is CNC(=O)c1ccc(Cc2cc(C(=O)NCC3CCCO3)c(O)c(C)c2C)cc1F. The zero-order valence-electron chi connectivity index (χ0n) is 17.5. The number of ether oxygens (including phenoxy) is 1. The first kappa shape index (κ1) is 21.8. The number of aromatic hydroxyl groups is 1. The lowest BCUT2D eigenvalue weighted by Gasteiger charge is -2.16. The van der Waals surface area contributed by atoms with E-state index in [0.29, 0.717) is 30.7 Å². The molecule has 0 saturated carbocycles. The van der Waals surface area contributed by atoms with Crippen molar-refractivity contribution in [1.29, 1.82) is 0 Å². The van der Waals surface area contributed by atoms with Gasteiger partial charge >= 0.3 is 0 Å². The Morgan fingerprint density at radius 1 is 1.17 bits per heavy atom. The summed E-state index contributed by atoms with van der Waals surface area (Å²) in [6.07, 6.45) is 2.25. The van der Waals surface area contributed by atoms with E-state index in [2.05, 4.69) is 10.6 Å². The largest absolute Gasteiger partial charge is 0.507 e. The standard InChI is InChI=1S/C23H27FN2O4/c1-13-14(2)21(27)19(23(29)26-12-17-5-4-8-30-17)11-16(13)9-15-6-7-18(20(24)10-15)22(28)25-3/h6-7,10-11,17,27H,4-5,8-9,12H2,1-3H3,(H,25,28)(H,26,29). The smallest absolute Gasteiger partial charge is 0.255 e. The van der Waals surface area contributed by atoms with Gasteiger partial charge in [0.2, 0.25) is 0 Å². The Bertz CT molecular complexity index is 968. The molecule has 3 rings (SSSR count). The number of rotatable bonds is 6.